The van der Waals surface area contributed by atoms with Gasteiger partial charge in [0.15, 0.2) is 0 Å². The molecule has 1 aromatic carbocycles. The van der Waals surface area contributed by atoms with Gasteiger partial charge in [-0.1, -0.05) is 5.16 Å². The molecule has 2 heterocycles. The third-order valence-electron chi connectivity index (χ3n) is 4.42. The minimum Gasteiger partial charge on any atom is -0.497 e. The number of carbonyl (C=O) groups is 1. The van der Waals surface area contributed by atoms with Gasteiger partial charge >= 0.3 is 0 Å². The van der Waals surface area contributed by atoms with E-state index in [-0.39, 0.29) is 11.9 Å². The Morgan fingerprint density at radius 1 is 1.36 bits per heavy atom. The highest BCUT2D eigenvalue weighted by molar-refractivity contribution is 6.17. The highest BCUT2D eigenvalue weighted by Gasteiger charge is 2.31. The lowest BCUT2D eigenvalue weighted by atomic mass is 10.0. The quantitative estimate of drug-likeness (QED) is 0.730. The number of piperidine rings is 1. The Morgan fingerprint density at radius 2 is 2.16 bits per heavy atom. The molecule has 1 fully saturated rings. The van der Waals surface area contributed by atoms with Crippen molar-refractivity contribution < 1.29 is 14.1 Å². The molecule has 7 heteroatoms. The highest BCUT2D eigenvalue weighted by Crippen LogP contribution is 2.32. The smallest absolute Gasteiger partial charge is 0.249 e. The van der Waals surface area contributed by atoms with Crippen LogP contribution in [0.15, 0.2) is 28.8 Å². The van der Waals surface area contributed by atoms with E-state index in [1.54, 1.807) is 7.11 Å². The largest absolute Gasteiger partial charge is 0.497 e. The fourth-order valence-electron chi connectivity index (χ4n) is 3.08. The molecular weight excluding hydrogens is 342 g/mol. The average Bonchev–Trinajstić information content (AvgIpc) is 3.16. The van der Waals surface area contributed by atoms with E-state index in [1.165, 1.54) is 0 Å². The highest BCUT2D eigenvalue weighted by atomic mass is 35.5. The monoisotopic (exact) mass is 363 g/mol. The second-order valence-electron chi connectivity index (χ2n) is 6.08. The number of hydrogen-bond donors (Lipinski definition) is 0. The summed E-state index contributed by atoms with van der Waals surface area (Å²) in [5, 5.41) is 4.09. The fraction of sp³-hybridized carbons (Fsp3) is 0.500. The van der Waals surface area contributed by atoms with Crippen molar-refractivity contribution in [3.63, 3.8) is 0 Å². The van der Waals surface area contributed by atoms with Gasteiger partial charge in [-0.05, 0) is 49.9 Å². The fourth-order valence-corrected chi connectivity index (χ4v) is 3.21. The lowest BCUT2D eigenvalue weighted by Gasteiger charge is -2.33. The van der Waals surface area contributed by atoms with Crippen molar-refractivity contribution >= 4 is 17.5 Å². The van der Waals surface area contributed by atoms with Crippen molar-refractivity contribution in [3.05, 3.63) is 30.2 Å². The van der Waals surface area contributed by atoms with E-state index in [9.17, 15) is 4.79 Å². The molecule has 1 aliphatic heterocycles. The molecule has 2 aromatic rings. The Hall–Kier alpha value is -2.08. The number of nitrogens with zero attached hydrogens (tertiary/aromatic N) is 3. The molecule has 0 saturated carbocycles. The third-order valence-corrected chi connectivity index (χ3v) is 4.69. The number of amides is 1. The van der Waals surface area contributed by atoms with Crippen molar-refractivity contribution in [1.82, 2.24) is 15.0 Å². The van der Waals surface area contributed by atoms with Gasteiger partial charge in [0.25, 0.3) is 0 Å². The van der Waals surface area contributed by atoms with Crippen LogP contribution in [-0.2, 0) is 4.79 Å². The predicted octanol–water partition coefficient (Wildman–Crippen LogP) is 3.82. The van der Waals surface area contributed by atoms with Gasteiger partial charge in [-0.3, -0.25) is 4.79 Å². The first-order valence-electron chi connectivity index (χ1n) is 8.56. The molecule has 1 atom stereocenters. The molecule has 0 N–H and O–H groups in total. The Labute approximate surface area is 152 Å². The van der Waals surface area contributed by atoms with Crippen molar-refractivity contribution in [2.75, 3.05) is 19.5 Å². The summed E-state index contributed by atoms with van der Waals surface area (Å²) < 4.78 is 10.6. The van der Waals surface area contributed by atoms with E-state index >= 15 is 0 Å². The van der Waals surface area contributed by atoms with Crippen molar-refractivity contribution in [3.8, 4) is 17.1 Å². The molecule has 1 unspecified atom stereocenters. The number of aromatic nitrogens is 2. The standard InChI is InChI=1S/C18H22ClN3O3/c1-24-14-9-7-13(8-10-14)17-20-18(25-21-17)15-5-2-3-12-22(15)16(23)6-4-11-19/h7-10,15H,2-6,11-12H2,1H3. The van der Waals surface area contributed by atoms with Crippen molar-refractivity contribution in [2.24, 2.45) is 0 Å². The first kappa shape index (κ1) is 17.7. The molecule has 0 bridgehead atoms. The molecule has 1 aromatic heterocycles. The lowest BCUT2D eigenvalue weighted by Crippen LogP contribution is -2.38. The number of methoxy groups -OCH3 is 1. The number of alkyl halides is 1. The summed E-state index contributed by atoms with van der Waals surface area (Å²) in [6.45, 7) is 0.728. The topological polar surface area (TPSA) is 68.5 Å². The van der Waals surface area contributed by atoms with Crippen LogP contribution in [0.25, 0.3) is 11.4 Å². The van der Waals surface area contributed by atoms with E-state index in [1.807, 2.05) is 29.2 Å². The third kappa shape index (κ3) is 4.12. The Balaban J connectivity index is 1.77. The van der Waals surface area contributed by atoms with Crippen LogP contribution in [0.5, 0.6) is 5.75 Å². The van der Waals surface area contributed by atoms with Gasteiger partial charge in [0.05, 0.1) is 7.11 Å². The summed E-state index contributed by atoms with van der Waals surface area (Å²) >= 11 is 5.71. The normalized spacial score (nSPS) is 17.5. The molecule has 1 aliphatic rings. The first-order chi connectivity index (χ1) is 12.2. The van der Waals surface area contributed by atoms with E-state index < -0.39 is 0 Å². The van der Waals surface area contributed by atoms with Crippen LogP contribution in [-0.4, -0.2) is 40.5 Å². The van der Waals surface area contributed by atoms with Gasteiger partial charge in [-0.15, -0.1) is 11.6 Å². The van der Waals surface area contributed by atoms with Crippen LogP contribution in [0.4, 0.5) is 0 Å². The number of ether oxygens (including phenoxy) is 1. The number of carbonyl (C=O) groups excluding carboxylic acids is 1. The lowest BCUT2D eigenvalue weighted by molar-refractivity contribution is -0.135. The summed E-state index contributed by atoms with van der Waals surface area (Å²) in [5.74, 6) is 2.40. The maximum absolute atomic E-state index is 12.5. The van der Waals surface area contributed by atoms with E-state index in [0.29, 0.717) is 30.4 Å². The number of halogens is 1. The van der Waals surface area contributed by atoms with Gasteiger partial charge in [0, 0.05) is 24.4 Å². The summed E-state index contributed by atoms with van der Waals surface area (Å²) in [6.07, 6.45) is 4.04. The SMILES string of the molecule is COc1ccc(-c2noc(C3CCCCN3C(=O)CCCCl)n2)cc1. The summed E-state index contributed by atoms with van der Waals surface area (Å²) in [5.41, 5.74) is 0.853. The molecule has 0 spiro atoms. The summed E-state index contributed by atoms with van der Waals surface area (Å²) in [4.78, 5) is 18.8. The predicted molar refractivity (Wildman–Crippen MR) is 94.5 cm³/mol. The van der Waals surface area contributed by atoms with Crippen LogP contribution in [0.2, 0.25) is 0 Å². The molecule has 0 radical (unpaired) electrons. The number of benzene rings is 1. The van der Waals surface area contributed by atoms with Gasteiger partial charge < -0.3 is 14.2 Å². The number of rotatable bonds is 6. The van der Waals surface area contributed by atoms with Crippen LogP contribution < -0.4 is 4.74 Å². The van der Waals surface area contributed by atoms with Gasteiger partial charge in [-0.2, -0.15) is 4.98 Å². The molecule has 134 valence electrons. The molecule has 6 nitrogen and oxygen atoms in total. The average molecular weight is 364 g/mol. The van der Waals surface area contributed by atoms with Crippen molar-refractivity contribution in [1.29, 1.82) is 0 Å². The summed E-state index contributed by atoms with van der Waals surface area (Å²) in [7, 11) is 1.63. The molecule has 1 amide bonds. The maximum Gasteiger partial charge on any atom is 0.249 e. The second-order valence-corrected chi connectivity index (χ2v) is 6.45. The molecule has 1 saturated heterocycles. The molecular formula is C18H22ClN3O3. The molecule has 3 rings (SSSR count). The molecule has 25 heavy (non-hydrogen) atoms. The van der Waals surface area contributed by atoms with Crippen LogP contribution in [0.3, 0.4) is 0 Å². The van der Waals surface area contributed by atoms with Crippen LogP contribution >= 0.6 is 11.6 Å². The molecule has 0 aliphatic carbocycles. The zero-order valence-corrected chi connectivity index (χ0v) is 15.0. The van der Waals surface area contributed by atoms with E-state index in [0.717, 1.165) is 37.1 Å². The minimum absolute atomic E-state index is 0.106. The maximum atomic E-state index is 12.5. The van der Waals surface area contributed by atoms with Crippen LogP contribution in [0.1, 0.15) is 44.0 Å². The van der Waals surface area contributed by atoms with Gasteiger partial charge in [0.2, 0.25) is 17.6 Å². The Kier molecular flexibility index (Phi) is 5.91. The number of likely N-dealkylation sites (tertiary alicyclic amines) is 1. The van der Waals surface area contributed by atoms with Crippen LogP contribution in [0, 0.1) is 0 Å². The van der Waals surface area contributed by atoms with Gasteiger partial charge in [-0.25, -0.2) is 0 Å². The van der Waals surface area contributed by atoms with Crippen molar-refractivity contribution in [2.45, 2.75) is 38.1 Å². The first-order valence-corrected chi connectivity index (χ1v) is 9.10. The number of hydrogen-bond acceptors (Lipinski definition) is 5. The summed E-state index contributed by atoms with van der Waals surface area (Å²) in [6, 6.07) is 7.34. The zero-order valence-electron chi connectivity index (χ0n) is 14.3. The second kappa shape index (κ2) is 8.34. The Bertz CT molecular complexity index is 702. The Morgan fingerprint density at radius 3 is 2.88 bits per heavy atom. The van der Waals surface area contributed by atoms with E-state index in [4.69, 9.17) is 20.9 Å². The van der Waals surface area contributed by atoms with E-state index in [2.05, 4.69) is 10.1 Å². The minimum atomic E-state index is -0.143. The van der Waals surface area contributed by atoms with Gasteiger partial charge in [0.1, 0.15) is 11.8 Å². The zero-order chi connectivity index (χ0) is 17.6.